The van der Waals surface area contributed by atoms with Gasteiger partial charge in [0.2, 0.25) is 5.78 Å². The summed E-state index contributed by atoms with van der Waals surface area (Å²) in [7, 11) is 1.35. The molecule has 0 radical (unpaired) electrons. The van der Waals surface area contributed by atoms with Crippen molar-refractivity contribution in [1.82, 2.24) is 5.43 Å². The van der Waals surface area contributed by atoms with Crippen molar-refractivity contribution in [2.45, 2.75) is 69.4 Å². The van der Waals surface area contributed by atoms with E-state index in [1.54, 1.807) is 19.1 Å². The number of ether oxygens (including phenoxy) is 3. The van der Waals surface area contributed by atoms with E-state index in [9.17, 15) is 34.8 Å². The second-order valence-electron chi connectivity index (χ2n) is 13.7. The molecule has 1 saturated heterocycles. The number of phenols is 2. The number of nitrogens with two attached hydrogens (primary N) is 1. The molecule has 6 atom stereocenters. The van der Waals surface area contributed by atoms with Gasteiger partial charge in [0, 0.05) is 47.6 Å². The number of aliphatic hydroxyl groups is 2. The summed E-state index contributed by atoms with van der Waals surface area (Å²) in [5.74, 6) is -3.12. The highest BCUT2D eigenvalue weighted by molar-refractivity contribution is 6.31. The lowest BCUT2D eigenvalue weighted by Crippen LogP contribution is -2.52. The van der Waals surface area contributed by atoms with Crippen LogP contribution < -0.4 is 15.9 Å². The molecule has 0 spiro atoms. The summed E-state index contributed by atoms with van der Waals surface area (Å²) in [6, 6.07) is 20.3. The molecule has 14 heteroatoms. The summed E-state index contributed by atoms with van der Waals surface area (Å²) in [4.78, 5) is 41.0. The van der Waals surface area contributed by atoms with E-state index in [4.69, 9.17) is 19.9 Å². The van der Waals surface area contributed by atoms with Gasteiger partial charge in [-0.3, -0.25) is 14.4 Å². The van der Waals surface area contributed by atoms with E-state index in [-0.39, 0.29) is 65.4 Å². The minimum absolute atomic E-state index is 0. The number of nitrogens with zero attached hydrogens (tertiary/aromatic N) is 1. The molecule has 1 fully saturated rings. The molecule has 282 valence electrons. The van der Waals surface area contributed by atoms with Crippen molar-refractivity contribution < 1.29 is 49.0 Å². The maximum atomic E-state index is 14.0. The quantitative estimate of drug-likeness (QED) is 0.0782. The highest BCUT2D eigenvalue weighted by atomic mass is 35.5. The smallest absolute Gasteiger partial charge is 0.271 e. The Labute approximate surface area is 316 Å². The first kappa shape index (κ1) is 38.6. The van der Waals surface area contributed by atoms with Crippen molar-refractivity contribution >= 4 is 35.6 Å². The van der Waals surface area contributed by atoms with Gasteiger partial charge in [-0.1, -0.05) is 54.6 Å². The van der Waals surface area contributed by atoms with Gasteiger partial charge in [-0.2, -0.15) is 5.10 Å². The summed E-state index contributed by atoms with van der Waals surface area (Å²) in [5.41, 5.74) is 7.96. The fourth-order valence-corrected chi connectivity index (χ4v) is 7.41. The second kappa shape index (κ2) is 14.9. The van der Waals surface area contributed by atoms with Crippen LogP contribution in [0.25, 0.3) is 11.1 Å². The Kier molecular flexibility index (Phi) is 10.7. The van der Waals surface area contributed by atoms with Crippen LogP contribution in [0.4, 0.5) is 0 Å². The van der Waals surface area contributed by atoms with Crippen molar-refractivity contribution in [2.75, 3.05) is 7.11 Å². The zero-order chi connectivity index (χ0) is 37.8. The molecule has 1 aliphatic heterocycles. The summed E-state index contributed by atoms with van der Waals surface area (Å²) in [6.45, 7) is 3.10. The van der Waals surface area contributed by atoms with Crippen LogP contribution in [-0.2, 0) is 15.9 Å². The van der Waals surface area contributed by atoms with Crippen molar-refractivity contribution in [1.29, 1.82) is 0 Å². The standard InChI is InChI=1S/C40H39N3O10.ClH/c1-19-34(44)26(41)16-29(52-19)53-28-18-40(50,20(2)42-43-39(49)23-14-12-22(13-15-23)21-8-5-4-6-9-21)17-25-31(28)38(48)33-32(36(25)46)35(45)24-10-7-11-27(51-3)30(24)37(33)47;/h4-15,19,26,28-29,34,44,46,48,50H,16-18,41H2,1-3H3,(H,43,49);1H/b42-20+;/t19?,26?,28-,29?,34?,40-;/m0./s1. The van der Waals surface area contributed by atoms with Crippen LogP contribution in [0.2, 0.25) is 0 Å². The summed E-state index contributed by atoms with van der Waals surface area (Å²) in [5, 5.41) is 50.5. The number of hydrogen-bond acceptors (Lipinski definition) is 12. The average Bonchev–Trinajstić information content (AvgIpc) is 3.16. The van der Waals surface area contributed by atoms with Crippen molar-refractivity contribution in [3.8, 4) is 28.4 Å². The van der Waals surface area contributed by atoms with Gasteiger partial charge in [-0.05, 0) is 43.2 Å². The molecule has 4 unspecified atom stereocenters. The first-order valence-corrected chi connectivity index (χ1v) is 17.2. The monoisotopic (exact) mass is 757 g/mol. The van der Waals surface area contributed by atoms with Crippen LogP contribution in [-0.4, -0.2) is 80.9 Å². The van der Waals surface area contributed by atoms with Gasteiger partial charge >= 0.3 is 0 Å². The number of methoxy groups -OCH3 is 1. The van der Waals surface area contributed by atoms with Crippen LogP contribution in [0.5, 0.6) is 17.2 Å². The number of amides is 1. The Balaban J connectivity index is 0.00000497. The Morgan fingerprint density at radius 3 is 2.28 bits per heavy atom. The average molecular weight is 758 g/mol. The van der Waals surface area contributed by atoms with E-state index in [2.05, 4.69) is 10.5 Å². The molecule has 54 heavy (non-hydrogen) atoms. The lowest BCUT2D eigenvalue weighted by molar-refractivity contribution is -0.245. The van der Waals surface area contributed by atoms with E-state index in [1.807, 2.05) is 42.5 Å². The van der Waals surface area contributed by atoms with Crippen molar-refractivity contribution in [3.05, 3.63) is 112 Å². The number of carbonyl (C=O) groups excluding carboxylic acids is 3. The van der Waals surface area contributed by atoms with Crippen LogP contribution in [0.1, 0.15) is 86.1 Å². The Hall–Kier alpha value is -5.15. The highest BCUT2D eigenvalue weighted by Gasteiger charge is 2.49. The second-order valence-corrected chi connectivity index (χ2v) is 13.7. The molecule has 4 aromatic carbocycles. The number of benzene rings is 4. The van der Waals surface area contributed by atoms with E-state index in [0.717, 1.165) is 11.1 Å². The molecule has 0 aromatic heterocycles. The van der Waals surface area contributed by atoms with Crippen LogP contribution >= 0.6 is 12.4 Å². The molecule has 13 nitrogen and oxygen atoms in total. The van der Waals surface area contributed by atoms with Gasteiger partial charge in [-0.25, -0.2) is 5.43 Å². The third-order valence-electron chi connectivity index (χ3n) is 10.4. The molecule has 7 N–H and O–H groups in total. The first-order valence-electron chi connectivity index (χ1n) is 17.2. The fraction of sp³-hybridized carbons (Fsp3) is 0.300. The Bertz CT molecular complexity index is 2150. The van der Waals surface area contributed by atoms with E-state index in [0.29, 0.717) is 5.56 Å². The molecule has 0 saturated carbocycles. The van der Waals surface area contributed by atoms with Crippen molar-refractivity contribution in [2.24, 2.45) is 10.8 Å². The molecule has 1 amide bonds. The number of hydrazone groups is 1. The van der Waals surface area contributed by atoms with Crippen molar-refractivity contribution in [3.63, 3.8) is 0 Å². The molecule has 3 aliphatic rings. The number of fused-ring (bicyclic) bond motifs is 3. The predicted octanol–water partition coefficient (Wildman–Crippen LogP) is 4.33. The number of rotatable bonds is 7. The van der Waals surface area contributed by atoms with Crippen LogP contribution in [0, 0.1) is 0 Å². The van der Waals surface area contributed by atoms with Gasteiger partial charge < -0.3 is 40.4 Å². The molecular weight excluding hydrogens is 718 g/mol. The lowest BCUT2D eigenvalue weighted by Gasteiger charge is -2.42. The third kappa shape index (κ3) is 6.63. The number of hydrogen-bond donors (Lipinski definition) is 6. The number of phenolic OH excluding ortho intramolecular Hbond substituents is 2. The lowest BCUT2D eigenvalue weighted by atomic mass is 9.71. The number of aliphatic hydroxyl groups excluding tert-OH is 1. The van der Waals surface area contributed by atoms with Crippen LogP contribution in [0.15, 0.2) is 77.9 Å². The number of aromatic hydroxyl groups is 2. The summed E-state index contributed by atoms with van der Waals surface area (Å²) >= 11 is 0. The number of carbonyl (C=O) groups is 3. The fourth-order valence-electron chi connectivity index (χ4n) is 7.41. The van der Waals surface area contributed by atoms with Gasteiger partial charge in [0.25, 0.3) is 5.91 Å². The predicted molar refractivity (Wildman–Crippen MR) is 199 cm³/mol. The number of halogens is 1. The van der Waals surface area contributed by atoms with Gasteiger partial charge in [0.1, 0.15) is 22.8 Å². The van der Waals surface area contributed by atoms with Gasteiger partial charge in [-0.15, -0.1) is 12.4 Å². The SMILES string of the molecule is COc1cccc2c1C(=O)c1c(O)c3c(c(O)c1C2=O)C[C@@](O)(/C(C)=N/NC(=O)c1ccc(-c2ccccc2)cc1)C[C@@H]3OC1CC(N)C(O)C(C)O1.Cl. The maximum Gasteiger partial charge on any atom is 0.271 e. The molecular formula is C40H40ClN3O10. The number of ketones is 2. The topological polar surface area (TPSA) is 210 Å². The van der Waals surface area contributed by atoms with E-state index in [1.165, 1.54) is 32.2 Å². The first-order chi connectivity index (χ1) is 25.3. The molecule has 2 aliphatic carbocycles. The molecule has 4 aromatic rings. The minimum Gasteiger partial charge on any atom is -0.507 e. The van der Waals surface area contributed by atoms with E-state index >= 15 is 0 Å². The molecule has 0 bridgehead atoms. The normalized spacial score (nSPS) is 24.8. The van der Waals surface area contributed by atoms with Gasteiger partial charge in [0.15, 0.2) is 12.1 Å². The third-order valence-corrected chi connectivity index (χ3v) is 10.4. The maximum absolute atomic E-state index is 14.0. The largest absolute Gasteiger partial charge is 0.507 e. The summed E-state index contributed by atoms with van der Waals surface area (Å²) in [6.07, 6.45) is -4.60. The molecule has 7 rings (SSSR count). The van der Waals surface area contributed by atoms with E-state index < -0.39 is 76.3 Å². The molecule has 1 heterocycles. The minimum atomic E-state index is -1.91. The Morgan fingerprint density at radius 2 is 1.61 bits per heavy atom. The number of nitrogens with one attached hydrogen (secondary N) is 1. The van der Waals surface area contributed by atoms with Crippen LogP contribution in [0.3, 0.4) is 0 Å². The Morgan fingerprint density at radius 1 is 0.944 bits per heavy atom. The van der Waals surface area contributed by atoms with Gasteiger partial charge in [0.05, 0.1) is 47.8 Å². The highest BCUT2D eigenvalue weighted by Crippen LogP contribution is 2.52. The zero-order valence-corrected chi connectivity index (χ0v) is 30.4. The summed E-state index contributed by atoms with van der Waals surface area (Å²) < 4.78 is 17.6. The zero-order valence-electron chi connectivity index (χ0n) is 29.6.